The van der Waals surface area contributed by atoms with Gasteiger partial charge in [0.1, 0.15) is 5.02 Å². The Balaban J connectivity index is 1.82. The molecule has 0 bridgehead atoms. The molecule has 0 unspecified atom stereocenters. The van der Waals surface area contributed by atoms with E-state index in [2.05, 4.69) is 31.4 Å². The Morgan fingerprint density at radius 3 is 2.50 bits per heavy atom. The molecule has 2 aromatic heterocycles. The Morgan fingerprint density at radius 1 is 1.21 bits per heavy atom. The van der Waals surface area contributed by atoms with E-state index in [4.69, 9.17) is 23.2 Å². The number of amides is 1. The van der Waals surface area contributed by atoms with Crippen LogP contribution in [0.25, 0.3) is 0 Å². The van der Waals surface area contributed by atoms with E-state index in [1.54, 1.807) is 18.2 Å². The van der Waals surface area contributed by atoms with Crippen LogP contribution in [0.15, 0.2) is 34.9 Å². The lowest BCUT2D eigenvalue weighted by molar-refractivity contribution is -0.144. The Bertz CT molecular complexity index is 1050. The van der Waals surface area contributed by atoms with Crippen molar-refractivity contribution < 1.29 is 18.0 Å². The summed E-state index contributed by atoms with van der Waals surface area (Å²) < 4.78 is 40.7. The van der Waals surface area contributed by atoms with Gasteiger partial charge in [0.15, 0.2) is 17.2 Å². The van der Waals surface area contributed by atoms with Gasteiger partial charge >= 0.3 is 6.18 Å². The van der Waals surface area contributed by atoms with Gasteiger partial charge in [-0.1, -0.05) is 41.4 Å². The molecule has 0 radical (unpaired) electrons. The third-order valence-electron chi connectivity index (χ3n) is 3.71. The summed E-state index contributed by atoms with van der Waals surface area (Å²) in [5, 5.41) is 10.8. The lowest BCUT2D eigenvalue weighted by atomic mass is 10.2. The molecule has 6 nitrogen and oxygen atoms in total. The molecular formula is C16H11BrCl2F3N5O. The number of carbonyl (C=O) groups is 1. The van der Waals surface area contributed by atoms with Crippen LogP contribution in [0.1, 0.15) is 21.7 Å². The predicted octanol–water partition coefficient (Wildman–Crippen LogP) is 5.01. The second-order valence-electron chi connectivity index (χ2n) is 5.70. The average molecular weight is 497 g/mol. The minimum absolute atomic E-state index is 0.00941. The molecule has 3 aromatic rings. The van der Waals surface area contributed by atoms with Gasteiger partial charge in [0.25, 0.3) is 5.91 Å². The van der Waals surface area contributed by atoms with E-state index in [-0.39, 0.29) is 10.8 Å². The lowest BCUT2D eigenvalue weighted by Gasteiger charge is -2.06. The molecule has 0 fully saturated rings. The first-order valence-corrected chi connectivity index (χ1v) is 9.20. The highest BCUT2D eigenvalue weighted by atomic mass is 79.9. The molecular weight excluding hydrogens is 486 g/mol. The number of carbonyl (C=O) groups excluding carboxylic acids is 1. The molecule has 148 valence electrons. The number of hydrogen-bond acceptors (Lipinski definition) is 3. The van der Waals surface area contributed by atoms with E-state index in [1.807, 2.05) is 6.07 Å². The number of halogens is 6. The molecule has 0 aliphatic heterocycles. The first-order chi connectivity index (χ1) is 13.1. The SMILES string of the molecule is Cn1nc(C(=O)Nc2nn(Cc3ccccc3Cl)cc2Cl)c(Br)c1C(F)(F)F. The fourth-order valence-corrected chi connectivity index (χ4v) is 3.62. The number of hydrogen-bond donors (Lipinski definition) is 1. The van der Waals surface area contributed by atoms with Crippen LogP contribution in [0.2, 0.25) is 10.0 Å². The number of alkyl halides is 3. The summed E-state index contributed by atoms with van der Waals surface area (Å²) in [6.45, 7) is 0.292. The lowest BCUT2D eigenvalue weighted by Crippen LogP contribution is -2.14. The number of aromatic nitrogens is 4. The van der Waals surface area contributed by atoms with Gasteiger partial charge in [0.2, 0.25) is 0 Å². The summed E-state index contributed by atoms with van der Waals surface area (Å²) in [6, 6.07) is 7.13. The van der Waals surface area contributed by atoms with Crippen molar-refractivity contribution in [1.29, 1.82) is 0 Å². The van der Waals surface area contributed by atoms with Crippen molar-refractivity contribution >= 4 is 50.9 Å². The van der Waals surface area contributed by atoms with Crippen LogP contribution in [0.5, 0.6) is 0 Å². The summed E-state index contributed by atoms with van der Waals surface area (Å²) in [4.78, 5) is 12.4. The fourth-order valence-electron chi connectivity index (χ4n) is 2.48. The Hall–Kier alpha value is -2.04. The molecule has 0 spiro atoms. The zero-order chi connectivity index (χ0) is 20.6. The Morgan fingerprint density at radius 2 is 1.89 bits per heavy atom. The zero-order valence-corrected chi connectivity index (χ0v) is 17.2. The van der Waals surface area contributed by atoms with Crippen LogP contribution >= 0.6 is 39.1 Å². The van der Waals surface area contributed by atoms with Gasteiger partial charge in [0.05, 0.1) is 11.0 Å². The molecule has 12 heteroatoms. The minimum atomic E-state index is -4.67. The van der Waals surface area contributed by atoms with Gasteiger partial charge in [-0.2, -0.15) is 23.4 Å². The first kappa shape index (κ1) is 20.7. The Labute approximate surface area is 175 Å². The summed E-state index contributed by atoms with van der Waals surface area (Å²) in [5.41, 5.74) is -0.733. The molecule has 0 atom stereocenters. The molecule has 0 aliphatic rings. The highest BCUT2D eigenvalue weighted by Crippen LogP contribution is 2.36. The number of rotatable bonds is 4. The number of anilines is 1. The van der Waals surface area contributed by atoms with Gasteiger partial charge in [-0.25, -0.2) is 0 Å². The van der Waals surface area contributed by atoms with E-state index >= 15 is 0 Å². The van der Waals surface area contributed by atoms with Crippen molar-refractivity contribution in [2.24, 2.45) is 7.05 Å². The monoisotopic (exact) mass is 495 g/mol. The summed E-state index contributed by atoms with van der Waals surface area (Å²) in [7, 11) is 1.09. The van der Waals surface area contributed by atoms with E-state index < -0.39 is 27.9 Å². The summed E-state index contributed by atoms with van der Waals surface area (Å²) in [6.07, 6.45) is -3.21. The topological polar surface area (TPSA) is 64.7 Å². The maximum absolute atomic E-state index is 13.1. The maximum Gasteiger partial charge on any atom is 0.434 e. The quantitative estimate of drug-likeness (QED) is 0.552. The van der Waals surface area contributed by atoms with Crippen molar-refractivity contribution in [2.75, 3.05) is 5.32 Å². The molecule has 1 aromatic carbocycles. The molecule has 0 saturated heterocycles. The van der Waals surface area contributed by atoms with Crippen LogP contribution in [0.4, 0.5) is 19.0 Å². The van der Waals surface area contributed by atoms with Gasteiger partial charge in [0, 0.05) is 18.3 Å². The number of nitrogens with one attached hydrogen (secondary N) is 1. The van der Waals surface area contributed by atoms with E-state index in [1.165, 1.54) is 10.9 Å². The number of nitrogens with zero attached hydrogens (tertiary/aromatic N) is 4. The van der Waals surface area contributed by atoms with Crippen molar-refractivity contribution in [3.05, 3.63) is 61.9 Å². The van der Waals surface area contributed by atoms with Crippen LogP contribution in [0, 0.1) is 0 Å². The highest BCUT2D eigenvalue weighted by Gasteiger charge is 2.39. The second kappa shape index (κ2) is 7.76. The first-order valence-electron chi connectivity index (χ1n) is 7.65. The number of aryl methyl sites for hydroxylation is 1. The smallest absolute Gasteiger partial charge is 0.302 e. The fraction of sp³-hybridized carbons (Fsp3) is 0.188. The molecule has 28 heavy (non-hydrogen) atoms. The summed E-state index contributed by atoms with van der Waals surface area (Å²) >= 11 is 15.0. The standard InChI is InChI=1S/C16H11BrCl2F3N5O/c1-26-13(16(20,21)22)11(17)12(24-26)15(28)23-14-10(19)7-27(25-14)6-8-4-2-3-5-9(8)18/h2-5,7H,6H2,1H3,(H,23,25,28). The van der Waals surface area contributed by atoms with Gasteiger partial charge in [-0.15, -0.1) is 0 Å². The van der Waals surface area contributed by atoms with Gasteiger partial charge in [-0.05, 0) is 27.6 Å². The van der Waals surface area contributed by atoms with Crippen LogP contribution in [0.3, 0.4) is 0 Å². The predicted molar refractivity (Wildman–Crippen MR) is 102 cm³/mol. The van der Waals surface area contributed by atoms with Crippen molar-refractivity contribution in [3.8, 4) is 0 Å². The van der Waals surface area contributed by atoms with Gasteiger partial charge in [-0.3, -0.25) is 14.2 Å². The third kappa shape index (κ3) is 4.18. The molecule has 0 saturated carbocycles. The normalized spacial score (nSPS) is 11.7. The zero-order valence-electron chi connectivity index (χ0n) is 14.1. The van der Waals surface area contributed by atoms with Crippen molar-refractivity contribution in [1.82, 2.24) is 19.6 Å². The van der Waals surface area contributed by atoms with Crippen LogP contribution in [-0.2, 0) is 19.8 Å². The average Bonchev–Trinajstić information content (AvgIpc) is 3.08. The third-order valence-corrected chi connectivity index (χ3v) is 5.11. The van der Waals surface area contributed by atoms with Crippen LogP contribution in [-0.4, -0.2) is 25.5 Å². The molecule has 1 amide bonds. The largest absolute Gasteiger partial charge is 0.434 e. The Kier molecular flexibility index (Phi) is 5.74. The van der Waals surface area contributed by atoms with E-state index in [9.17, 15) is 18.0 Å². The van der Waals surface area contributed by atoms with E-state index in [0.29, 0.717) is 16.2 Å². The highest BCUT2D eigenvalue weighted by molar-refractivity contribution is 9.10. The van der Waals surface area contributed by atoms with Crippen LogP contribution < -0.4 is 5.32 Å². The molecule has 2 heterocycles. The maximum atomic E-state index is 13.1. The minimum Gasteiger partial charge on any atom is -0.302 e. The molecule has 3 rings (SSSR count). The molecule has 1 N–H and O–H groups in total. The second-order valence-corrected chi connectivity index (χ2v) is 7.31. The van der Waals surface area contributed by atoms with Crippen molar-refractivity contribution in [2.45, 2.75) is 12.7 Å². The van der Waals surface area contributed by atoms with E-state index in [0.717, 1.165) is 12.6 Å². The van der Waals surface area contributed by atoms with Gasteiger partial charge < -0.3 is 5.32 Å². The number of benzene rings is 1. The summed E-state index contributed by atoms with van der Waals surface area (Å²) in [5.74, 6) is -0.896. The van der Waals surface area contributed by atoms with Crippen molar-refractivity contribution in [3.63, 3.8) is 0 Å². The molecule has 0 aliphatic carbocycles.